The molecule has 0 saturated carbocycles. The summed E-state index contributed by atoms with van der Waals surface area (Å²) in [5.74, 6) is -1.07. The fourth-order valence-corrected chi connectivity index (χ4v) is 2.48. The molecule has 1 aliphatic heterocycles. The molecule has 0 aromatic heterocycles. The monoisotopic (exact) mass is 240 g/mol. The Morgan fingerprint density at radius 1 is 1.44 bits per heavy atom. The highest BCUT2D eigenvalue weighted by Crippen LogP contribution is 2.32. The first-order valence-corrected chi connectivity index (χ1v) is 5.49. The van der Waals surface area contributed by atoms with Crippen LogP contribution in [-0.4, -0.2) is 17.1 Å². The van der Waals surface area contributed by atoms with Gasteiger partial charge in [0.1, 0.15) is 5.82 Å². The first-order valence-electron chi connectivity index (χ1n) is 4.61. The maximum absolute atomic E-state index is 13.0. The van der Waals surface area contributed by atoms with Gasteiger partial charge in [-0.2, -0.15) is 0 Å². The number of nitrogen functional groups attached to an aromatic ring is 1. The minimum Gasteiger partial charge on any atom is -0.398 e. The quantitative estimate of drug-likeness (QED) is 0.595. The number of amides is 2. The molecule has 2 rings (SSSR count). The average molecular weight is 240 g/mol. The number of imide groups is 1. The van der Waals surface area contributed by atoms with E-state index in [1.807, 2.05) is 0 Å². The fourth-order valence-electron chi connectivity index (χ4n) is 1.39. The molecule has 84 valence electrons. The maximum Gasteiger partial charge on any atom is 0.240 e. The summed E-state index contributed by atoms with van der Waals surface area (Å²) in [5, 5.41) is 1.67. The third-order valence-corrected chi connectivity index (χ3v) is 3.44. The maximum atomic E-state index is 13.0. The summed E-state index contributed by atoms with van der Waals surface area (Å²) >= 11 is 1.11. The third kappa shape index (κ3) is 2.16. The van der Waals surface area contributed by atoms with E-state index in [2.05, 4.69) is 5.32 Å². The number of anilines is 1. The second-order valence-electron chi connectivity index (χ2n) is 3.41. The molecule has 0 bridgehead atoms. The Labute approximate surface area is 95.4 Å². The molecule has 0 radical (unpaired) electrons. The van der Waals surface area contributed by atoms with Crippen molar-refractivity contribution in [2.24, 2.45) is 0 Å². The van der Waals surface area contributed by atoms with Gasteiger partial charge in [0.15, 0.2) is 0 Å². The SMILES string of the molecule is Nc1ccc(F)cc1SC1CC(=O)NC1=O. The van der Waals surface area contributed by atoms with Crippen LogP contribution in [0.4, 0.5) is 10.1 Å². The number of benzene rings is 1. The van der Waals surface area contributed by atoms with Crippen LogP contribution in [0.2, 0.25) is 0 Å². The van der Waals surface area contributed by atoms with Gasteiger partial charge >= 0.3 is 0 Å². The summed E-state index contributed by atoms with van der Waals surface area (Å²) in [6, 6.07) is 3.95. The van der Waals surface area contributed by atoms with Crippen LogP contribution in [0.15, 0.2) is 23.1 Å². The number of carbonyl (C=O) groups is 2. The van der Waals surface area contributed by atoms with Crippen molar-refractivity contribution in [1.82, 2.24) is 5.32 Å². The molecule has 1 heterocycles. The second kappa shape index (κ2) is 4.13. The molecule has 6 heteroatoms. The Morgan fingerprint density at radius 2 is 2.19 bits per heavy atom. The predicted octanol–water partition coefficient (Wildman–Crippen LogP) is 0.915. The third-order valence-electron chi connectivity index (χ3n) is 2.17. The summed E-state index contributed by atoms with van der Waals surface area (Å²) in [6.07, 6.45) is 0.111. The molecule has 0 spiro atoms. The number of carbonyl (C=O) groups excluding carboxylic acids is 2. The summed E-state index contributed by atoms with van der Waals surface area (Å²) in [4.78, 5) is 22.7. The first kappa shape index (κ1) is 10.9. The van der Waals surface area contributed by atoms with Crippen LogP contribution in [-0.2, 0) is 9.59 Å². The number of nitrogens with one attached hydrogen (secondary N) is 1. The van der Waals surface area contributed by atoms with Crippen LogP contribution >= 0.6 is 11.8 Å². The highest BCUT2D eigenvalue weighted by molar-refractivity contribution is 8.00. The van der Waals surface area contributed by atoms with Gasteiger partial charge in [0.05, 0.1) is 5.25 Å². The summed E-state index contributed by atoms with van der Waals surface area (Å²) in [6.45, 7) is 0. The van der Waals surface area contributed by atoms with Gasteiger partial charge in [0, 0.05) is 17.0 Å². The topological polar surface area (TPSA) is 72.2 Å². The largest absolute Gasteiger partial charge is 0.398 e. The molecule has 1 saturated heterocycles. The Bertz CT molecular complexity index is 464. The van der Waals surface area contributed by atoms with E-state index in [0.717, 1.165) is 11.8 Å². The standard InChI is InChI=1S/C10H9FN2O2S/c11-5-1-2-6(12)7(3-5)16-8-4-9(14)13-10(8)15/h1-3,8H,4,12H2,(H,13,14,15). The molecular weight excluding hydrogens is 231 g/mol. The van der Waals surface area contributed by atoms with Gasteiger partial charge in [-0.25, -0.2) is 4.39 Å². The van der Waals surface area contributed by atoms with Crippen molar-refractivity contribution in [3.05, 3.63) is 24.0 Å². The number of thioether (sulfide) groups is 1. The van der Waals surface area contributed by atoms with Crippen LogP contribution in [0.25, 0.3) is 0 Å². The number of nitrogens with two attached hydrogens (primary N) is 1. The van der Waals surface area contributed by atoms with Crippen molar-refractivity contribution >= 4 is 29.3 Å². The minimum absolute atomic E-state index is 0.111. The smallest absolute Gasteiger partial charge is 0.240 e. The molecule has 2 amide bonds. The molecule has 1 atom stereocenters. The number of rotatable bonds is 2. The summed E-state index contributed by atoms with van der Waals surface area (Å²) in [5.41, 5.74) is 6.04. The number of halogens is 1. The van der Waals surface area contributed by atoms with E-state index in [0.29, 0.717) is 10.6 Å². The Kier molecular flexibility index (Phi) is 2.82. The van der Waals surface area contributed by atoms with E-state index in [9.17, 15) is 14.0 Å². The van der Waals surface area contributed by atoms with Crippen LogP contribution in [0.3, 0.4) is 0 Å². The molecule has 3 N–H and O–H groups in total. The van der Waals surface area contributed by atoms with Gasteiger partial charge in [-0.15, -0.1) is 11.8 Å². The summed E-state index contributed by atoms with van der Waals surface area (Å²) < 4.78 is 13.0. The lowest BCUT2D eigenvalue weighted by molar-refractivity contribution is -0.124. The van der Waals surface area contributed by atoms with E-state index < -0.39 is 11.1 Å². The van der Waals surface area contributed by atoms with Crippen LogP contribution < -0.4 is 11.1 Å². The zero-order valence-corrected chi connectivity index (χ0v) is 9.01. The molecular formula is C10H9FN2O2S. The van der Waals surface area contributed by atoms with E-state index >= 15 is 0 Å². The van der Waals surface area contributed by atoms with Crippen molar-refractivity contribution in [3.8, 4) is 0 Å². The molecule has 1 aromatic rings. The van der Waals surface area contributed by atoms with Gasteiger partial charge in [-0.1, -0.05) is 0 Å². The van der Waals surface area contributed by atoms with Crippen molar-refractivity contribution in [2.45, 2.75) is 16.6 Å². The molecule has 1 fully saturated rings. The van der Waals surface area contributed by atoms with Crippen molar-refractivity contribution in [1.29, 1.82) is 0 Å². The van der Waals surface area contributed by atoms with E-state index in [1.165, 1.54) is 18.2 Å². The zero-order chi connectivity index (χ0) is 11.7. The zero-order valence-electron chi connectivity index (χ0n) is 8.20. The highest BCUT2D eigenvalue weighted by Gasteiger charge is 2.31. The van der Waals surface area contributed by atoms with Gasteiger partial charge in [0.25, 0.3) is 0 Å². The average Bonchev–Trinajstić information content (AvgIpc) is 2.51. The lowest BCUT2D eigenvalue weighted by Gasteiger charge is -2.08. The minimum atomic E-state index is -0.517. The van der Waals surface area contributed by atoms with E-state index in [4.69, 9.17) is 5.73 Å². The van der Waals surface area contributed by atoms with Crippen molar-refractivity contribution in [2.75, 3.05) is 5.73 Å². The molecule has 0 aliphatic carbocycles. The van der Waals surface area contributed by atoms with Gasteiger partial charge in [0.2, 0.25) is 11.8 Å². The first-order chi connectivity index (χ1) is 7.56. The van der Waals surface area contributed by atoms with Crippen molar-refractivity contribution in [3.63, 3.8) is 0 Å². The second-order valence-corrected chi connectivity index (χ2v) is 4.65. The molecule has 1 aromatic carbocycles. The molecule has 1 unspecified atom stereocenters. The summed E-state index contributed by atoms with van der Waals surface area (Å²) in [7, 11) is 0. The number of hydrogen-bond acceptors (Lipinski definition) is 4. The molecule has 16 heavy (non-hydrogen) atoms. The van der Waals surface area contributed by atoms with Crippen molar-refractivity contribution < 1.29 is 14.0 Å². The van der Waals surface area contributed by atoms with E-state index in [1.54, 1.807) is 0 Å². The Hall–Kier alpha value is -1.56. The fraction of sp³-hybridized carbons (Fsp3) is 0.200. The van der Waals surface area contributed by atoms with E-state index in [-0.39, 0.29) is 18.2 Å². The van der Waals surface area contributed by atoms with Crippen LogP contribution in [0.1, 0.15) is 6.42 Å². The lowest BCUT2D eigenvalue weighted by Crippen LogP contribution is -2.23. The molecule has 4 nitrogen and oxygen atoms in total. The highest BCUT2D eigenvalue weighted by atomic mass is 32.2. The Morgan fingerprint density at radius 3 is 2.81 bits per heavy atom. The van der Waals surface area contributed by atoms with Gasteiger partial charge < -0.3 is 5.73 Å². The predicted molar refractivity (Wildman–Crippen MR) is 58.2 cm³/mol. The lowest BCUT2D eigenvalue weighted by atomic mass is 10.3. The molecule has 1 aliphatic rings. The van der Waals surface area contributed by atoms with Crippen LogP contribution in [0, 0.1) is 5.82 Å². The Balaban J connectivity index is 2.18. The normalized spacial score (nSPS) is 19.9. The van der Waals surface area contributed by atoms with Crippen LogP contribution in [0.5, 0.6) is 0 Å². The number of hydrogen-bond donors (Lipinski definition) is 2. The van der Waals surface area contributed by atoms with Gasteiger partial charge in [-0.05, 0) is 18.2 Å². The van der Waals surface area contributed by atoms with Gasteiger partial charge in [-0.3, -0.25) is 14.9 Å².